The predicted molar refractivity (Wildman–Crippen MR) is 61.8 cm³/mol. The highest BCUT2D eigenvalue weighted by molar-refractivity contribution is 5.53. The van der Waals surface area contributed by atoms with Crippen LogP contribution in [-0.2, 0) is 0 Å². The van der Waals surface area contributed by atoms with Crippen molar-refractivity contribution in [3.05, 3.63) is 36.0 Å². The molecule has 0 amide bonds. The van der Waals surface area contributed by atoms with E-state index in [1.165, 1.54) is 12.1 Å². The average Bonchev–Trinajstić information content (AvgIpc) is 2.81. The summed E-state index contributed by atoms with van der Waals surface area (Å²) in [6.45, 7) is 2.03. The first-order valence-electron chi connectivity index (χ1n) is 5.51. The number of hydrogen-bond acceptors (Lipinski definition) is 4. The van der Waals surface area contributed by atoms with Gasteiger partial charge in [0, 0.05) is 5.56 Å². The summed E-state index contributed by atoms with van der Waals surface area (Å²) in [5.74, 6) is 0.752. The molecule has 0 radical (unpaired) electrons. The second kappa shape index (κ2) is 5.05. The zero-order chi connectivity index (χ0) is 12.3. The molecule has 2 rings (SSSR count). The molecule has 1 atom stereocenters. The van der Waals surface area contributed by atoms with Crippen molar-refractivity contribution in [2.45, 2.75) is 19.4 Å². The highest BCUT2D eigenvalue weighted by Gasteiger charge is 2.15. The first-order chi connectivity index (χ1) is 8.24. The minimum Gasteiger partial charge on any atom is -0.337 e. The van der Waals surface area contributed by atoms with Gasteiger partial charge in [0.05, 0.1) is 6.04 Å². The Bertz CT molecular complexity index is 477. The fourth-order valence-corrected chi connectivity index (χ4v) is 1.60. The quantitative estimate of drug-likeness (QED) is 0.884. The Hall–Kier alpha value is -1.75. The summed E-state index contributed by atoms with van der Waals surface area (Å²) in [5.41, 5.74) is 0.743. The van der Waals surface area contributed by atoms with E-state index < -0.39 is 0 Å². The third-order valence-corrected chi connectivity index (χ3v) is 2.60. The van der Waals surface area contributed by atoms with Crippen molar-refractivity contribution in [2.75, 3.05) is 7.05 Å². The number of benzene rings is 1. The van der Waals surface area contributed by atoms with Crippen molar-refractivity contribution in [3.8, 4) is 11.4 Å². The fourth-order valence-electron chi connectivity index (χ4n) is 1.60. The lowest BCUT2D eigenvalue weighted by atomic mass is 10.2. The molecule has 1 aromatic carbocycles. The van der Waals surface area contributed by atoms with E-state index in [1.54, 1.807) is 12.1 Å². The minimum absolute atomic E-state index is 0.0525. The van der Waals surface area contributed by atoms with Gasteiger partial charge >= 0.3 is 0 Å². The maximum atomic E-state index is 12.8. The summed E-state index contributed by atoms with van der Waals surface area (Å²) in [6, 6.07) is 6.06. The van der Waals surface area contributed by atoms with Gasteiger partial charge in [0.25, 0.3) is 0 Å². The molecule has 0 aliphatic heterocycles. The van der Waals surface area contributed by atoms with Gasteiger partial charge in [-0.15, -0.1) is 0 Å². The van der Waals surface area contributed by atoms with Gasteiger partial charge in [0.2, 0.25) is 11.7 Å². The lowest BCUT2D eigenvalue weighted by Crippen LogP contribution is -2.15. The first-order valence-corrected chi connectivity index (χ1v) is 5.51. The number of hydrogen-bond donors (Lipinski definition) is 1. The predicted octanol–water partition coefficient (Wildman–Crippen LogP) is 2.55. The van der Waals surface area contributed by atoms with Crippen molar-refractivity contribution >= 4 is 0 Å². The summed E-state index contributed by atoms with van der Waals surface area (Å²) >= 11 is 0. The standard InChI is InChI=1S/C12H14FN3O/c1-3-10(14-2)12-15-11(16-17-12)8-4-6-9(13)7-5-8/h4-7,10,14H,3H2,1-2H3. The van der Waals surface area contributed by atoms with Gasteiger partial charge in [0.1, 0.15) is 5.82 Å². The van der Waals surface area contributed by atoms with E-state index in [0.29, 0.717) is 11.7 Å². The molecule has 2 aromatic rings. The first kappa shape index (κ1) is 11.7. The van der Waals surface area contributed by atoms with Crippen molar-refractivity contribution < 1.29 is 8.91 Å². The number of nitrogens with one attached hydrogen (secondary N) is 1. The molecule has 1 heterocycles. The van der Waals surface area contributed by atoms with Gasteiger partial charge in [-0.3, -0.25) is 0 Å². The molecule has 0 spiro atoms. The Labute approximate surface area is 98.8 Å². The van der Waals surface area contributed by atoms with Crippen LogP contribution >= 0.6 is 0 Å². The molecule has 0 fully saturated rings. The largest absolute Gasteiger partial charge is 0.337 e. The Morgan fingerprint density at radius 1 is 1.35 bits per heavy atom. The van der Waals surface area contributed by atoms with Crippen molar-refractivity contribution in [3.63, 3.8) is 0 Å². The minimum atomic E-state index is -0.279. The average molecular weight is 235 g/mol. The molecule has 0 aliphatic rings. The normalized spacial score (nSPS) is 12.6. The van der Waals surface area contributed by atoms with Crippen LogP contribution < -0.4 is 5.32 Å². The third kappa shape index (κ3) is 2.50. The second-order valence-corrected chi connectivity index (χ2v) is 3.71. The van der Waals surface area contributed by atoms with E-state index in [4.69, 9.17) is 4.52 Å². The van der Waals surface area contributed by atoms with Gasteiger partial charge in [0.15, 0.2) is 0 Å². The Kier molecular flexibility index (Phi) is 3.49. The van der Waals surface area contributed by atoms with Crippen LogP contribution in [-0.4, -0.2) is 17.2 Å². The van der Waals surface area contributed by atoms with Gasteiger partial charge < -0.3 is 9.84 Å². The van der Waals surface area contributed by atoms with Crippen molar-refractivity contribution in [1.82, 2.24) is 15.5 Å². The lowest BCUT2D eigenvalue weighted by Gasteiger charge is -2.06. The SMILES string of the molecule is CCC(NC)c1nc(-c2ccc(F)cc2)no1. The maximum Gasteiger partial charge on any atom is 0.244 e. The van der Waals surface area contributed by atoms with Crippen LogP contribution in [0.1, 0.15) is 25.3 Å². The van der Waals surface area contributed by atoms with Crippen LogP contribution in [0.25, 0.3) is 11.4 Å². The number of aromatic nitrogens is 2. The van der Waals surface area contributed by atoms with Crippen LogP contribution in [0.5, 0.6) is 0 Å². The summed E-state index contributed by atoms with van der Waals surface area (Å²) in [7, 11) is 1.84. The van der Waals surface area contributed by atoms with E-state index in [-0.39, 0.29) is 11.9 Å². The molecule has 1 unspecified atom stereocenters. The van der Waals surface area contributed by atoms with Crippen molar-refractivity contribution in [2.24, 2.45) is 0 Å². The van der Waals surface area contributed by atoms with E-state index >= 15 is 0 Å². The molecule has 0 saturated heterocycles. The van der Waals surface area contributed by atoms with Crippen LogP contribution in [0.4, 0.5) is 4.39 Å². The summed E-state index contributed by atoms with van der Waals surface area (Å²) in [4.78, 5) is 4.29. The Balaban J connectivity index is 2.26. The molecule has 1 N–H and O–H groups in total. The molecule has 0 saturated carbocycles. The second-order valence-electron chi connectivity index (χ2n) is 3.71. The van der Waals surface area contributed by atoms with Crippen LogP contribution in [0, 0.1) is 5.82 Å². The molecular weight excluding hydrogens is 221 g/mol. The van der Waals surface area contributed by atoms with Crippen LogP contribution in [0.3, 0.4) is 0 Å². The van der Waals surface area contributed by atoms with Gasteiger partial charge in [-0.1, -0.05) is 12.1 Å². The number of halogens is 1. The molecule has 17 heavy (non-hydrogen) atoms. The van der Waals surface area contributed by atoms with Gasteiger partial charge in [-0.2, -0.15) is 4.98 Å². The molecule has 90 valence electrons. The fraction of sp³-hybridized carbons (Fsp3) is 0.333. The summed E-state index contributed by atoms with van der Waals surface area (Å²) in [5, 5.41) is 6.97. The Morgan fingerprint density at radius 3 is 2.65 bits per heavy atom. The highest BCUT2D eigenvalue weighted by Crippen LogP contribution is 2.20. The molecule has 5 heteroatoms. The van der Waals surface area contributed by atoms with E-state index in [0.717, 1.165) is 12.0 Å². The van der Waals surface area contributed by atoms with Crippen LogP contribution in [0.15, 0.2) is 28.8 Å². The molecule has 1 aromatic heterocycles. The number of rotatable bonds is 4. The topological polar surface area (TPSA) is 51.0 Å². The summed E-state index contributed by atoms with van der Waals surface area (Å²) < 4.78 is 17.9. The van der Waals surface area contributed by atoms with Crippen molar-refractivity contribution in [1.29, 1.82) is 0 Å². The smallest absolute Gasteiger partial charge is 0.244 e. The Morgan fingerprint density at radius 2 is 2.06 bits per heavy atom. The monoisotopic (exact) mass is 235 g/mol. The third-order valence-electron chi connectivity index (χ3n) is 2.60. The molecule has 0 bridgehead atoms. The van der Waals surface area contributed by atoms with Gasteiger partial charge in [-0.05, 0) is 37.7 Å². The van der Waals surface area contributed by atoms with E-state index in [2.05, 4.69) is 15.5 Å². The molecule has 0 aliphatic carbocycles. The number of nitrogens with zero attached hydrogens (tertiary/aromatic N) is 2. The zero-order valence-corrected chi connectivity index (χ0v) is 9.77. The van der Waals surface area contributed by atoms with Crippen LogP contribution in [0.2, 0.25) is 0 Å². The van der Waals surface area contributed by atoms with E-state index in [9.17, 15) is 4.39 Å². The summed E-state index contributed by atoms with van der Waals surface area (Å²) in [6.07, 6.45) is 0.863. The van der Waals surface area contributed by atoms with Gasteiger partial charge in [-0.25, -0.2) is 4.39 Å². The maximum absolute atomic E-state index is 12.8. The van der Waals surface area contributed by atoms with E-state index in [1.807, 2.05) is 14.0 Å². The highest BCUT2D eigenvalue weighted by atomic mass is 19.1. The zero-order valence-electron chi connectivity index (χ0n) is 9.77. The molecule has 4 nitrogen and oxygen atoms in total. The molecular formula is C12H14FN3O. The lowest BCUT2D eigenvalue weighted by molar-refractivity contribution is 0.334.